The Bertz CT molecular complexity index is 1040. The van der Waals surface area contributed by atoms with Gasteiger partial charge in [0.15, 0.2) is 0 Å². The topological polar surface area (TPSA) is 66.9 Å². The monoisotopic (exact) mass is 500 g/mol. The molecular weight excluding hydrogens is 480 g/mol. The second kappa shape index (κ2) is 8.63. The summed E-state index contributed by atoms with van der Waals surface area (Å²) in [4.78, 5) is 14.6. The number of likely N-dealkylation sites (N-methyl/N-ethyl adjacent to an activating group) is 1. The standard InChI is InChI=1S/C20H22BrClN2O4S/c1-4-28-19-8-6-16(11-17(19)22)29(26,27)23(3)12-20(25)24-13(2)9-14-10-15(21)5-7-18(14)24/h5-8,10-11,13H,4,9,12H2,1-3H3. The van der Waals surface area contributed by atoms with Crippen LogP contribution in [0.1, 0.15) is 19.4 Å². The molecule has 29 heavy (non-hydrogen) atoms. The summed E-state index contributed by atoms with van der Waals surface area (Å²) >= 11 is 9.57. The number of benzene rings is 2. The van der Waals surface area contributed by atoms with Gasteiger partial charge in [-0.3, -0.25) is 4.79 Å². The molecule has 0 N–H and O–H groups in total. The van der Waals surface area contributed by atoms with E-state index in [9.17, 15) is 13.2 Å². The molecule has 0 spiro atoms. The lowest BCUT2D eigenvalue weighted by atomic mass is 10.1. The molecule has 0 radical (unpaired) electrons. The molecule has 1 unspecified atom stereocenters. The van der Waals surface area contributed by atoms with Crippen LogP contribution < -0.4 is 9.64 Å². The van der Waals surface area contributed by atoms with Gasteiger partial charge in [0.1, 0.15) is 5.75 Å². The van der Waals surface area contributed by atoms with Crippen molar-refractivity contribution in [3.8, 4) is 5.75 Å². The highest BCUT2D eigenvalue weighted by Crippen LogP contribution is 2.34. The van der Waals surface area contributed by atoms with E-state index in [1.165, 1.54) is 25.2 Å². The lowest BCUT2D eigenvalue weighted by Gasteiger charge is -2.25. The number of anilines is 1. The number of fused-ring (bicyclic) bond motifs is 1. The van der Waals surface area contributed by atoms with Gasteiger partial charge in [0.25, 0.3) is 0 Å². The van der Waals surface area contributed by atoms with Crippen LogP contribution in [-0.4, -0.2) is 44.9 Å². The predicted octanol–water partition coefficient (Wildman–Crippen LogP) is 4.10. The number of halogens is 2. The Morgan fingerprint density at radius 2 is 2.03 bits per heavy atom. The van der Waals surface area contributed by atoms with Gasteiger partial charge in [-0.15, -0.1) is 0 Å². The molecule has 0 saturated carbocycles. The van der Waals surface area contributed by atoms with Gasteiger partial charge in [0.2, 0.25) is 15.9 Å². The van der Waals surface area contributed by atoms with Gasteiger partial charge >= 0.3 is 0 Å². The van der Waals surface area contributed by atoms with Gasteiger partial charge in [0, 0.05) is 23.2 Å². The van der Waals surface area contributed by atoms with Gasteiger partial charge in [-0.1, -0.05) is 27.5 Å². The summed E-state index contributed by atoms with van der Waals surface area (Å²) in [5.74, 6) is 0.141. The Labute approximate surface area is 184 Å². The number of rotatable bonds is 6. The normalized spacial score (nSPS) is 16.2. The summed E-state index contributed by atoms with van der Waals surface area (Å²) in [5, 5.41) is 0.209. The minimum absolute atomic E-state index is 0.0139. The average molecular weight is 502 g/mol. The SMILES string of the molecule is CCOc1ccc(S(=O)(=O)N(C)CC(=O)N2c3ccc(Br)cc3CC2C)cc1Cl. The lowest BCUT2D eigenvalue weighted by molar-refractivity contribution is -0.118. The van der Waals surface area contributed by atoms with Gasteiger partial charge in [0.05, 0.1) is 23.1 Å². The number of hydrogen-bond donors (Lipinski definition) is 0. The third-order valence-electron chi connectivity index (χ3n) is 4.80. The Hall–Kier alpha value is -1.61. The van der Waals surface area contributed by atoms with Crippen LogP contribution in [0.2, 0.25) is 5.02 Å². The zero-order chi connectivity index (χ0) is 21.3. The number of hydrogen-bond acceptors (Lipinski definition) is 4. The van der Waals surface area contributed by atoms with Gasteiger partial charge in [-0.2, -0.15) is 4.31 Å². The Balaban J connectivity index is 1.80. The van der Waals surface area contributed by atoms with Crippen molar-refractivity contribution in [2.24, 2.45) is 0 Å². The molecule has 6 nitrogen and oxygen atoms in total. The van der Waals surface area contributed by atoms with Crippen molar-refractivity contribution >= 4 is 49.1 Å². The molecule has 3 rings (SSSR count). The minimum atomic E-state index is -3.88. The number of amides is 1. The molecule has 1 aliphatic rings. The van der Waals surface area contributed by atoms with E-state index < -0.39 is 10.0 Å². The van der Waals surface area contributed by atoms with Gasteiger partial charge < -0.3 is 9.64 Å². The molecule has 0 saturated heterocycles. The second-order valence-corrected chi connectivity index (χ2v) is 10.2. The average Bonchev–Trinajstić information content (AvgIpc) is 2.98. The van der Waals surface area contributed by atoms with Crippen LogP contribution in [0.5, 0.6) is 5.75 Å². The molecule has 0 bridgehead atoms. The van der Waals surface area contributed by atoms with E-state index in [-0.39, 0.29) is 28.4 Å². The van der Waals surface area contributed by atoms with Crippen LogP contribution in [0, 0.1) is 0 Å². The number of carbonyl (C=O) groups is 1. The zero-order valence-corrected chi connectivity index (χ0v) is 19.5. The molecule has 1 heterocycles. The van der Waals surface area contributed by atoms with E-state index in [4.69, 9.17) is 16.3 Å². The number of sulfonamides is 1. The quantitative estimate of drug-likeness (QED) is 0.598. The van der Waals surface area contributed by atoms with Crippen LogP contribution in [0.25, 0.3) is 0 Å². The second-order valence-electron chi connectivity index (χ2n) is 6.88. The van der Waals surface area contributed by atoms with E-state index >= 15 is 0 Å². The smallest absolute Gasteiger partial charge is 0.243 e. The molecular formula is C20H22BrClN2O4S. The first kappa shape index (κ1) is 22.1. The highest BCUT2D eigenvalue weighted by Gasteiger charge is 2.33. The van der Waals surface area contributed by atoms with E-state index in [0.717, 1.165) is 26.4 Å². The molecule has 0 fully saturated rings. The predicted molar refractivity (Wildman–Crippen MR) is 117 cm³/mol. The fourth-order valence-electron chi connectivity index (χ4n) is 3.43. The van der Waals surface area contributed by atoms with E-state index in [1.807, 2.05) is 32.0 Å². The lowest BCUT2D eigenvalue weighted by Crippen LogP contribution is -2.43. The van der Waals surface area contributed by atoms with Crippen LogP contribution >= 0.6 is 27.5 Å². The first-order chi connectivity index (χ1) is 13.6. The summed E-state index contributed by atoms with van der Waals surface area (Å²) in [6, 6.07) is 9.99. The molecule has 9 heteroatoms. The molecule has 1 amide bonds. The first-order valence-electron chi connectivity index (χ1n) is 9.14. The molecule has 2 aromatic carbocycles. The summed E-state index contributed by atoms with van der Waals surface area (Å²) in [6.07, 6.45) is 0.728. The molecule has 156 valence electrons. The number of ether oxygens (including phenoxy) is 1. The van der Waals surface area contributed by atoms with E-state index in [0.29, 0.717) is 12.4 Å². The highest BCUT2D eigenvalue weighted by molar-refractivity contribution is 9.10. The van der Waals surface area contributed by atoms with Crippen molar-refractivity contribution in [3.63, 3.8) is 0 Å². The van der Waals surface area contributed by atoms with Crippen molar-refractivity contribution in [2.75, 3.05) is 25.1 Å². The number of nitrogens with zero attached hydrogens (tertiary/aromatic N) is 2. The van der Waals surface area contributed by atoms with Gasteiger partial charge in [-0.05, 0) is 62.2 Å². The van der Waals surface area contributed by atoms with Crippen molar-refractivity contribution in [1.29, 1.82) is 0 Å². The van der Waals surface area contributed by atoms with Crippen LogP contribution in [0.15, 0.2) is 45.8 Å². The van der Waals surface area contributed by atoms with Crippen molar-refractivity contribution in [2.45, 2.75) is 31.2 Å². The van der Waals surface area contributed by atoms with E-state index in [2.05, 4.69) is 15.9 Å². The Morgan fingerprint density at radius 3 is 2.69 bits per heavy atom. The molecule has 0 aromatic heterocycles. The zero-order valence-electron chi connectivity index (χ0n) is 16.4. The number of carbonyl (C=O) groups excluding carboxylic acids is 1. The molecule has 1 aliphatic heterocycles. The summed E-state index contributed by atoms with van der Waals surface area (Å²) in [5.41, 5.74) is 1.88. The van der Waals surface area contributed by atoms with Crippen molar-refractivity contribution in [1.82, 2.24) is 4.31 Å². The summed E-state index contributed by atoms with van der Waals surface area (Å²) < 4.78 is 33.2. The third kappa shape index (κ3) is 4.45. The molecule has 2 aromatic rings. The van der Waals surface area contributed by atoms with Crippen LogP contribution in [-0.2, 0) is 21.2 Å². The maximum absolute atomic E-state index is 13.0. The maximum atomic E-state index is 13.0. The largest absolute Gasteiger partial charge is 0.492 e. The Morgan fingerprint density at radius 1 is 1.31 bits per heavy atom. The molecule has 1 atom stereocenters. The van der Waals surface area contributed by atoms with Gasteiger partial charge in [-0.25, -0.2) is 8.42 Å². The van der Waals surface area contributed by atoms with Crippen LogP contribution in [0.3, 0.4) is 0 Å². The molecule has 0 aliphatic carbocycles. The summed E-state index contributed by atoms with van der Waals surface area (Å²) in [6.45, 7) is 3.92. The summed E-state index contributed by atoms with van der Waals surface area (Å²) in [7, 11) is -2.49. The fraction of sp³-hybridized carbons (Fsp3) is 0.350. The highest BCUT2D eigenvalue weighted by atomic mass is 79.9. The third-order valence-corrected chi connectivity index (χ3v) is 7.38. The minimum Gasteiger partial charge on any atom is -0.492 e. The van der Waals surface area contributed by atoms with Crippen LogP contribution in [0.4, 0.5) is 5.69 Å². The van der Waals surface area contributed by atoms with Crippen molar-refractivity contribution < 1.29 is 17.9 Å². The van der Waals surface area contributed by atoms with Crippen molar-refractivity contribution in [3.05, 3.63) is 51.5 Å². The Kier molecular flexibility index (Phi) is 6.57. The first-order valence-corrected chi connectivity index (χ1v) is 11.8. The fourth-order valence-corrected chi connectivity index (χ4v) is 5.28. The van der Waals surface area contributed by atoms with E-state index in [1.54, 1.807) is 4.90 Å². The maximum Gasteiger partial charge on any atom is 0.243 e.